The minimum atomic E-state index is -2.21. The van der Waals surface area contributed by atoms with Crippen LogP contribution in [0.15, 0.2) is 24.3 Å². The molecule has 0 aromatic rings. The third-order valence-electron chi connectivity index (χ3n) is 10.0. The fourth-order valence-electron chi connectivity index (χ4n) is 6.54. The summed E-state index contributed by atoms with van der Waals surface area (Å²) in [4.78, 5) is 39.0. The average molecular weight is 676 g/mol. The van der Waals surface area contributed by atoms with Crippen molar-refractivity contribution in [1.82, 2.24) is 0 Å². The van der Waals surface area contributed by atoms with Gasteiger partial charge in [-0.25, -0.2) is 0 Å². The van der Waals surface area contributed by atoms with Crippen LogP contribution < -0.4 is 5.73 Å². The van der Waals surface area contributed by atoms with E-state index < -0.39 is 35.7 Å². The van der Waals surface area contributed by atoms with Gasteiger partial charge in [-0.05, 0) is 71.1 Å². The van der Waals surface area contributed by atoms with Gasteiger partial charge in [-0.3, -0.25) is 14.4 Å². The average Bonchev–Trinajstić information content (AvgIpc) is 3.06. The lowest BCUT2D eigenvalue weighted by atomic mass is 9.65. The summed E-state index contributed by atoms with van der Waals surface area (Å²) in [6, 6.07) is 0. The number of carboxylic acids is 1. The lowest BCUT2D eigenvalue weighted by Gasteiger charge is -2.40. The Kier molecular flexibility index (Phi) is 30.0. The summed E-state index contributed by atoms with van der Waals surface area (Å²) in [5.41, 5.74) is 1.57. The number of rotatable bonds is 36. The number of nitrogens with two attached hydrogens (primary N) is 1. The Morgan fingerprint density at radius 3 is 1.23 bits per heavy atom. The van der Waals surface area contributed by atoms with Crippen LogP contribution >= 0.6 is 0 Å². The molecule has 0 aliphatic heterocycles. The Morgan fingerprint density at radius 2 is 0.875 bits per heavy atom. The smallest absolute Gasteiger partial charge is 0.320 e. The van der Waals surface area contributed by atoms with Crippen LogP contribution in [0.25, 0.3) is 0 Å². The summed E-state index contributed by atoms with van der Waals surface area (Å²) in [6.07, 6.45) is 38.6. The summed E-state index contributed by atoms with van der Waals surface area (Å²) in [6.45, 7) is 5.37. The van der Waals surface area contributed by atoms with E-state index in [9.17, 15) is 24.6 Å². The van der Waals surface area contributed by atoms with E-state index in [4.69, 9.17) is 5.73 Å². The monoisotopic (exact) mass is 676 g/mol. The molecule has 6 heteroatoms. The van der Waals surface area contributed by atoms with Crippen molar-refractivity contribution in [3.8, 4) is 0 Å². The van der Waals surface area contributed by atoms with E-state index in [1.54, 1.807) is 0 Å². The molecule has 0 aliphatic carbocycles. The van der Waals surface area contributed by atoms with Gasteiger partial charge in [0.2, 0.25) is 0 Å². The lowest BCUT2D eigenvalue weighted by Crippen LogP contribution is -2.60. The van der Waals surface area contributed by atoms with E-state index >= 15 is 0 Å². The van der Waals surface area contributed by atoms with Gasteiger partial charge in [0.25, 0.3) is 0 Å². The number of unbranched alkanes of at least 4 members (excludes halogenated alkanes) is 22. The normalized spacial score (nSPS) is 14.4. The predicted molar refractivity (Wildman–Crippen MR) is 203 cm³/mol. The predicted octanol–water partition coefficient (Wildman–Crippen LogP) is 11.4. The molecule has 4 N–H and O–H groups in total. The Morgan fingerprint density at radius 1 is 0.542 bits per heavy atom. The van der Waals surface area contributed by atoms with Gasteiger partial charge < -0.3 is 15.9 Å². The Hall–Kier alpha value is -1.79. The van der Waals surface area contributed by atoms with Gasteiger partial charge in [0.05, 0.1) is 5.60 Å². The first-order valence-corrected chi connectivity index (χ1v) is 20.2. The fraction of sp³-hybridized carbons (Fsp3) is 0.833. The number of carboxylic acid groups (broad SMARTS) is 1. The SMILES string of the molecule is CCCCCCCC/C=C\CCCCCCCC(=O)CC(C(=O)O)(C(=O)CCCCCCC/C=C\CCCCCCCC)C(C)(O)CN. The topological polar surface area (TPSA) is 118 Å². The molecule has 0 fully saturated rings. The molecule has 0 spiro atoms. The van der Waals surface area contributed by atoms with Crippen LogP contribution in [0.2, 0.25) is 0 Å². The molecule has 0 bridgehead atoms. The van der Waals surface area contributed by atoms with Crippen molar-refractivity contribution in [2.75, 3.05) is 6.54 Å². The number of hydrogen-bond donors (Lipinski definition) is 3. The zero-order valence-corrected chi connectivity index (χ0v) is 31.7. The molecule has 0 amide bonds. The Bertz CT molecular complexity index is 864. The van der Waals surface area contributed by atoms with Crippen molar-refractivity contribution >= 4 is 17.5 Å². The molecule has 2 atom stereocenters. The highest BCUT2D eigenvalue weighted by Gasteiger charge is 2.58. The maximum Gasteiger partial charge on any atom is 0.320 e. The summed E-state index contributed by atoms with van der Waals surface area (Å²) >= 11 is 0. The van der Waals surface area contributed by atoms with Crippen molar-refractivity contribution in [2.24, 2.45) is 11.1 Å². The number of aliphatic hydroxyl groups is 1. The van der Waals surface area contributed by atoms with E-state index in [1.165, 1.54) is 90.4 Å². The van der Waals surface area contributed by atoms with Crippen molar-refractivity contribution in [3.63, 3.8) is 0 Å². The van der Waals surface area contributed by atoms with Crippen LogP contribution in [-0.2, 0) is 14.4 Å². The van der Waals surface area contributed by atoms with Crippen molar-refractivity contribution in [2.45, 2.75) is 213 Å². The van der Waals surface area contributed by atoms with Crippen LogP contribution in [0.3, 0.4) is 0 Å². The number of aliphatic carboxylic acids is 1. The van der Waals surface area contributed by atoms with Crippen LogP contribution in [0.5, 0.6) is 0 Å². The lowest BCUT2D eigenvalue weighted by molar-refractivity contribution is -0.175. The second kappa shape index (κ2) is 31.2. The number of carbonyl (C=O) groups is 3. The van der Waals surface area contributed by atoms with Gasteiger partial charge >= 0.3 is 5.97 Å². The molecule has 280 valence electrons. The summed E-state index contributed by atoms with van der Waals surface area (Å²) in [7, 11) is 0. The fourth-order valence-corrected chi connectivity index (χ4v) is 6.54. The zero-order valence-electron chi connectivity index (χ0n) is 31.7. The molecule has 0 rings (SSSR count). The maximum absolute atomic E-state index is 13.4. The molecule has 0 aliphatic rings. The third kappa shape index (κ3) is 22.0. The molecular weight excluding hydrogens is 598 g/mol. The van der Waals surface area contributed by atoms with E-state index in [0.717, 1.165) is 70.6 Å². The highest BCUT2D eigenvalue weighted by molar-refractivity contribution is 6.07. The number of carbonyl (C=O) groups excluding carboxylic acids is 2. The molecule has 6 nitrogen and oxygen atoms in total. The second-order valence-corrected chi connectivity index (χ2v) is 14.5. The van der Waals surface area contributed by atoms with Gasteiger partial charge in [-0.1, -0.05) is 141 Å². The van der Waals surface area contributed by atoms with Crippen molar-refractivity contribution < 1.29 is 24.6 Å². The minimum Gasteiger partial charge on any atom is -0.480 e. The van der Waals surface area contributed by atoms with Crippen molar-refractivity contribution in [3.05, 3.63) is 24.3 Å². The summed E-state index contributed by atoms with van der Waals surface area (Å²) in [5.74, 6) is -2.32. The first kappa shape index (κ1) is 46.2. The molecule has 48 heavy (non-hydrogen) atoms. The van der Waals surface area contributed by atoms with E-state index in [-0.39, 0.29) is 18.6 Å². The highest BCUT2D eigenvalue weighted by Crippen LogP contribution is 2.39. The Labute approximate surface area is 296 Å². The van der Waals surface area contributed by atoms with Gasteiger partial charge in [0.1, 0.15) is 5.78 Å². The van der Waals surface area contributed by atoms with E-state index in [1.807, 2.05) is 0 Å². The van der Waals surface area contributed by atoms with Crippen LogP contribution in [0.1, 0.15) is 207 Å². The number of allylic oxidation sites excluding steroid dienone is 4. The number of Topliss-reactive ketones (excluding diaryl/α,β-unsaturated/α-hetero) is 2. The molecule has 0 saturated heterocycles. The summed E-state index contributed by atoms with van der Waals surface area (Å²) in [5, 5.41) is 21.3. The van der Waals surface area contributed by atoms with Gasteiger partial charge in [-0.15, -0.1) is 0 Å². The molecule has 0 aromatic heterocycles. The van der Waals surface area contributed by atoms with Crippen molar-refractivity contribution in [1.29, 1.82) is 0 Å². The van der Waals surface area contributed by atoms with Gasteiger partial charge in [0.15, 0.2) is 11.2 Å². The quantitative estimate of drug-likeness (QED) is 0.0345. The van der Waals surface area contributed by atoms with Crippen LogP contribution in [0, 0.1) is 5.41 Å². The Balaban J connectivity index is 4.40. The first-order chi connectivity index (χ1) is 23.2. The second-order valence-electron chi connectivity index (χ2n) is 14.5. The third-order valence-corrected chi connectivity index (χ3v) is 10.0. The minimum absolute atomic E-state index is 0.0291. The molecule has 0 heterocycles. The highest BCUT2D eigenvalue weighted by atomic mass is 16.4. The van der Waals surface area contributed by atoms with Crippen LogP contribution in [0.4, 0.5) is 0 Å². The number of ketones is 2. The van der Waals surface area contributed by atoms with Gasteiger partial charge in [0, 0.05) is 25.8 Å². The van der Waals surface area contributed by atoms with E-state index in [2.05, 4.69) is 38.2 Å². The summed E-state index contributed by atoms with van der Waals surface area (Å²) < 4.78 is 0. The van der Waals surface area contributed by atoms with Crippen LogP contribution in [-0.4, -0.2) is 39.9 Å². The first-order valence-electron chi connectivity index (χ1n) is 20.2. The molecule has 0 aromatic carbocycles. The molecular formula is C42H77NO5. The standard InChI is InChI=1S/C42H77NO5/c1-4-6-8-10-12-14-16-18-20-22-24-26-28-30-32-34-38(44)36-42(40(46)47,41(3,48)37-43)39(45)35-33-31-29-27-25-23-21-19-17-15-13-11-9-7-5-2/h18-21,48H,4-17,22-37,43H2,1-3H3,(H,46,47)/b20-18-,21-19-. The molecule has 2 unspecified atom stereocenters. The maximum atomic E-state index is 13.4. The number of hydrogen-bond acceptors (Lipinski definition) is 5. The largest absolute Gasteiger partial charge is 0.480 e. The molecule has 0 saturated carbocycles. The zero-order chi connectivity index (χ0) is 35.8. The van der Waals surface area contributed by atoms with E-state index in [0.29, 0.717) is 12.8 Å². The molecule has 0 radical (unpaired) electrons. The van der Waals surface area contributed by atoms with Gasteiger partial charge in [-0.2, -0.15) is 0 Å².